The molecule has 5 nitrogen and oxygen atoms in total. The molecule has 2 heterocycles. The average Bonchev–Trinajstić information content (AvgIpc) is 2.72. The van der Waals surface area contributed by atoms with E-state index in [9.17, 15) is 9.18 Å². The average molecular weight is 433 g/mol. The van der Waals surface area contributed by atoms with Gasteiger partial charge in [0.25, 0.3) is 0 Å². The van der Waals surface area contributed by atoms with Crippen molar-refractivity contribution in [2.45, 2.75) is 56.6 Å². The molecule has 1 fully saturated rings. The summed E-state index contributed by atoms with van der Waals surface area (Å²) in [6, 6.07) is 10.8. The molecule has 3 rings (SSSR count). The Balaban J connectivity index is 1.56. The Labute approximate surface area is 182 Å². The van der Waals surface area contributed by atoms with Crippen molar-refractivity contribution in [1.82, 2.24) is 9.88 Å². The van der Waals surface area contributed by atoms with E-state index < -0.39 is 5.60 Å². The van der Waals surface area contributed by atoms with E-state index in [1.54, 1.807) is 17.0 Å². The fourth-order valence-electron chi connectivity index (χ4n) is 3.35. The Bertz CT molecular complexity index is 877. The molecule has 7 heteroatoms. The number of hydrogen-bond donors (Lipinski definition) is 0. The molecule has 1 aromatic carbocycles. The van der Waals surface area contributed by atoms with E-state index in [4.69, 9.17) is 9.47 Å². The number of pyridine rings is 1. The van der Waals surface area contributed by atoms with Crippen LogP contribution in [0.1, 0.15) is 50.8 Å². The zero-order chi connectivity index (χ0) is 21.7. The van der Waals surface area contributed by atoms with Crippen molar-refractivity contribution in [1.29, 1.82) is 0 Å². The van der Waals surface area contributed by atoms with E-state index in [0.29, 0.717) is 24.5 Å². The molecule has 2 aromatic rings. The van der Waals surface area contributed by atoms with E-state index >= 15 is 0 Å². The van der Waals surface area contributed by atoms with Crippen molar-refractivity contribution in [3.63, 3.8) is 0 Å². The van der Waals surface area contributed by atoms with Crippen LogP contribution in [0.25, 0.3) is 0 Å². The number of thioether (sulfide) groups is 1. The molecule has 30 heavy (non-hydrogen) atoms. The Hall–Kier alpha value is -2.28. The molecular weight excluding hydrogens is 403 g/mol. The summed E-state index contributed by atoms with van der Waals surface area (Å²) in [6.45, 7) is 7.02. The first-order chi connectivity index (χ1) is 14.2. The van der Waals surface area contributed by atoms with Crippen LogP contribution in [0.2, 0.25) is 0 Å². The molecule has 0 unspecified atom stereocenters. The number of carbonyl (C=O) groups excluding carboxylic acids is 1. The third-order valence-corrected chi connectivity index (χ3v) is 5.67. The predicted octanol–water partition coefficient (Wildman–Crippen LogP) is 5.64. The summed E-state index contributed by atoms with van der Waals surface area (Å²) in [5.74, 6) is 0.466. The lowest BCUT2D eigenvalue weighted by atomic mass is 9.93. The molecule has 0 N–H and O–H groups in total. The first-order valence-corrected chi connectivity index (χ1v) is 11.4. The van der Waals surface area contributed by atoms with Gasteiger partial charge in [0.15, 0.2) is 0 Å². The van der Waals surface area contributed by atoms with E-state index in [-0.39, 0.29) is 24.4 Å². The lowest BCUT2D eigenvalue weighted by molar-refractivity contribution is 0.0204. The molecule has 1 saturated heterocycles. The minimum atomic E-state index is -0.490. The number of halogens is 1. The quantitative estimate of drug-likeness (QED) is 0.573. The number of benzene rings is 1. The predicted molar refractivity (Wildman–Crippen MR) is 117 cm³/mol. The van der Waals surface area contributed by atoms with Gasteiger partial charge in [0.2, 0.25) is 5.88 Å². The van der Waals surface area contributed by atoms with Crippen LogP contribution < -0.4 is 4.74 Å². The van der Waals surface area contributed by atoms with Crippen molar-refractivity contribution >= 4 is 17.9 Å². The number of amides is 1. The van der Waals surface area contributed by atoms with Crippen molar-refractivity contribution in [3.05, 3.63) is 53.5 Å². The number of hydrogen-bond acceptors (Lipinski definition) is 5. The number of nitrogens with zero attached hydrogens (tertiary/aromatic N) is 2. The molecule has 0 bridgehead atoms. The van der Waals surface area contributed by atoms with Gasteiger partial charge in [0.1, 0.15) is 18.0 Å². The van der Waals surface area contributed by atoms with Crippen LogP contribution >= 0.6 is 11.8 Å². The normalized spacial score (nSPS) is 15.2. The Kier molecular flexibility index (Phi) is 7.23. The lowest BCUT2D eigenvalue weighted by Crippen LogP contribution is -2.41. The molecule has 0 saturated carbocycles. The number of aromatic nitrogens is 1. The minimum Gasteiger partial charge on any atom is -0.473 e. The summed E-state index contributed by atoms with van der Waals surface area (Å²) in [6.07, 6.45) is 3.29. The first-order valence-electron chi connectivity index (χ1n) is 10.2. The number of ether oxygens (including phenoxy) is 2. The number of likely N-dealkylation sites (tertiary alicyclic amines) is 1. The van der Waals surface area contributed by atoms with E-state index in [2.05, 4.69) is 4.98 Å². The molecule has 1 amide bonds. The monoisotopic (exact) mass is 432 g/mol. The number of carbonyl (C=O) groups is 1. The van der Waals surface area contributed by atoms with Gasteiger partial charge in [-0.25, -0.2) is 14.2 Å². The molecule has 1 aliphatic heterocycles. The van der Waals surface area contributed by atoms with Gasteiger partial charge < -0.3 is 14.4 Å². The van der Waals surface area contributed by atoms with Gasteiger partial charge in [-0.1, -0.05) is 12.1 Å². The van der Waals surface area contributed by atoms with E-state index in [1.165, 1.54) is 17.8 Å². The van der Waals surface area contributed by atoms with Crippen LogP contribution in [0.3, 0.4) is 0 Å². The van der Waals surface area contributed by atoms with Crippen molar-refractivity contribution in [3.8, 4) is 5.88 Å². The SMILES string of the molecule is CSc1ccc(COc2cccc(C3CCN(C(=O)OC(C)(C)C)CC3)n2)c(F)c1. The molecule has 1 aromatic heterocycles. The first kappa shape index (κ1) is 22.4. The smallest absolute Gasteiger partial charge is 0.410 e. The molecular formula is C23H29FN2O3S. The second-order valence-corrected chi connectivity index (χ2v) is 9.27. The van der Waals surface area contributed by atoms with Crippen LogP contribution in [0.4, 0.5) is 9.18 Å². The van der Waals surface area contributed by atoms with Gasteiger partial charge in [-0.3, -0.25) is 0 Å². The fraction of sp³-hybridized carbons (Fsp3) is 0.478. The largest absolute Gasteiger partial charge is 0.473 e. The van der Waals surface area contributed by atoms with Gasteiger partial charge in [-0.05, 0) is 58.1 Å². The van der Waals surface area contributed by atoms with Crippen LogP contribution in [0.15, 0.2) is 41.3 Å². The summed E-state index contributed by atoms with van der Waals surface area (Å²) in [5.41, 5.74) is 0.955. The highest BCUT2D eigenvalue weighted by molar-refractivity contribution is 7.98. The van der Waals surface area contributed by atoms with Crippen LogP contribution in [0.5, 0.6) is 5.88 Å². The maximum Gasteiger partial charge on any atom is 0.410 e. The summed E-state index contributed by atoms with van der Waals surface area (Å²) in [5, 5.41) is 0. The van der Waals surface area contributed by atoms with Crippen molar-refractivity contribution < 1.29 is 18.7 Å². The summed E-state index contributed by atoms with van der Waals surface area (Å²) in [4.78, 5) is 19.5. The molecule has 0 radical (unpaired) electrons. The maximum absolute atomic E-state index is 14.2. The van der Waals surface area contributed by atoms with Crippen LogP contribution in [0, 0.1) is 5.82 Å². The minimum absolute atomic E-state index is 0.133. The van der Waals surface area contributed by atoms with Gasteiger partial charge in [0.05, 0.1) is 0 Å². The standard InChI is InChI=1S/C23H29FN2O3S/c1-23(2,3)29-22(27)26-12-10-16(11-13-26)20-6-5-7-21(25-20)28-15-17-8-9-18(30-4)14-19(17)24/h5-9,14,16H,10-13,15H2,1-4H3. The highest BCUT2D eigenvalue weighted by atomic mass is 32.2. The highest BCUT2D eigenvalue weighted by Crippen LogP contribution is 2.29. The van der Waals surface area contributed by atoms with Crippen LogP contribution in [-0.2, 0) is 11.3 Å². The van der Waals surface area contributed by atoms with Crippen LogP contribution in [-0.4, -0.2) is 40.9 Å². The van der Waals surface area contributed by atoms with Gasteiger partial charge in [-0.15, -0.1) is 11.8 Å². The van der Waals surface area contributed by atoms with Gasteiger partial charge >= 0.3 is 6.09 Å². The van der Waals surface area contributed by atoms with Gasteiger partial charge in [-0.2, -0.15) is 0 Å². The topological polar surface area (TPSA) is 51.7 Å². The van der Waals surface area contributed by atoms with Crippen molar-refractivity contribution in [2.75, 3.05) is 19.3 Å². The summed E-state index contributed by atoms with van der Waals surface area (Å²) in [7, 11) is 0. The van der Waals surface area contributed by atoms with Crippen molar-refractivity contribution in [2.24, 2.45) is 0 Å². The Morgan fingerprint density at radius 1 is 1.23 bits per heavy atom. The third-order valence-electron chi connectivity index (χ3n) is 4.95. The third kappa shape index (κ3) is 6.11. The molecule has 0 spiro atoms. The lowest BCUT2D eigenvalue weighted by Gasteiger charge is -2.33. The molecule has 162 valence electrons. The highest BCUT2D eigenvalue weighted by Gasteiger charge is 2.28. The number of piperidine rings is 1. The second kappa shape index (κ2) is 9.69. The van der Waals surface area contributed by atoms with E-state index in [1.807, 2.05) is 45.2 Å². The second-order valence-electron chi connectivity index (χ2n) is 8.39. The molecule has 0 aliphatic carbocycles. The molecule has 1 aliphatic rings. The summed E-state index contributed by atoms with van der Waals surface area (Å²) >= 11 is 1.50. The Morgan fingerprint density at radius 2 is 1.97 bits per heavy atom. The zero-order valence-electron chi connectivity index (χ0n) is 18.0. The summed E-state index contributed by atoms with van der Waals surface area (Å²) < 4.78 is 25.4. The maximum atomic E-state index is 14.2. The number of rotatable bonds is 5. The zero-order valence-corrected chi connectivity index (χ0v) is 18.8. The Morgan fingerprint density at radius 3 is 2.60 bits per heavy atom. The fourth-order valence-corrected chi connectivity index (χ4v) is 3.77. The molecule has 0 atom stereocenters. The van der Waals surface area contributed by atoms with E-state index in [0.717, 1.165) is 23.4 Å². The van der Waals surface area contributed by atoms with Gasteiger partial charge in [0, 0.05) is 41.2 Å².